The van der Waals surface area contributed by atoms with E-state index in [0.717, 1.165) is 6.92 Å². The molecule has 0 heterocycles. The van der Waals surface area contributed by atoms with E-state index < -0.39 is 51.8 Å². The molecule has 0 aliphatic heterocycles. The Morgan fingerprint density at radius 3 is 2.33 bits per heavy atom. The van der Waals surface area contributed by atoms with Gasteiger partial charge in [-0.1, -0.05) is 0 Å². The van der Waals surface area contributed by atoms with Crippen LogP contribution in [0.2, 0.25) is 0 Å². The van der Waals surface area contributed by atoms with Crippen LogP contribution in [-0.2, 0) is 4.79 Å². The van der Waals surface area contributed by atoms with Crippen LogP contribution < -0.4 is 5.32 Å². The van der Waals surface area contributed by atoms with Crippen molar-refractivity contribution in [2.75, 3.05) is 0 Å². The molecule has 10 heteroatoms. The topological polar surface area (TPSA) is 130 Å². The number of nitro benzene ring substituents is 1. The van der Waals surface area contributed by atoms with E-state index >= 15 is 0 Å². The van der Waals surface area contributed by atoms with Crippen molar-refractivity contribution in [1.82, 2.24) is 5.32 Å². The Hall–Kier alpha value is -2.62. The molecule has 0 fully saturated rings. The number of carboxylic acid groups (broad SMARTS) is 1. The fourth-order valence-corrected chi connectivity index (χ4v) is 1.46. The summed E-state index contributed by atoms with van der Waals surface area (Å²) in [4.78, 5) is 31.9. The molecule has 1 rings (SSSR count). The van der Waals surface area contributed by atoms with E-state index in [1.807, 2.05) is 0 Å². The van der Waals surface area contributed by atoms with Gasteiger partial charge in [0.1, 0.15) is 5.82 Å². The third-order valence-electron chi connectivity index (χ3n) is 2.51. The molecule has 0 radical (unpaired) electrons. The predicted molar refractivity (Wildman–Crippen MR) is 63.6 cm³/mol. The number of aliphatic hydroxyl groups is 1. The van der Waals surface area contributed by atoms with Crippen molar-refractivity contribution in [3.05, 3.63) is 39.4 Å². The van der Waals surface area contributed by atoms with Crippen molar-refractivity contribution in [1.29, 1.82) is 0 Å². The van der Waals surface area contributed by atoms with Gasteiger partial charge in [0.05, 0.1) is 16.6 Å². The van der Waals surface area contributed by atoms with Crippen LogP contribution in [0.15, 0.2) is 12.1 Å². The lowest BCUT2D eigenvalue weighted by Crippen LogP contribution is -2.47. The van der Waals surface area contributed by atoms with E-state index in [1.54, 1.807) is 5.32 Å². The molecule has 1 aromatic rings. The van der Waals surface area contributed by atoms with Crippen molar-refractivity contribution in [3.63, 3.8) is 0 Å². The molecule has 114 valence electrons. The van der Waals surface area contributed by atoms with Gasteiger partial charge in [0.2, 0.25) is 5.82 Å². The highest BCUT2D eigenvalue weighted by Gasteiger charge is 2.28. The first-order valence-corrected chi connectivity index (χ1v) is 5.50. The van der Waals surface area contributed by atoms with Crippen LogP contribution >= 0.6 is 0 Å². The molecule has 2 atom stereocenters. The van der Waals surface area contributed by atoms with E-state index in [4.69, 9.17) is 5.11 Å². The number of carbonyl (C=O) groups is 2. The van der Waals surface area contributed by atoms with Crippen LogP contribution in [-0.4, -0.2) is 39.2 Å². The smallest absolute Gasteiger partial charge is 0.328 e. The number of benzene rings is 1. The third kappa shape index (κ3) is 3.69. The standard InChI is InChI=1S/C11H10F2N2O6/c1-4(16)9(11(18)19)14-10(17)5-2-8(15(20)21)7(13)3-6(5)12/h2-4,9,16H,1H3,(H,14,17)(H,18,19)/t4-,9+/m1/s1. The highest BCUT2D eigenvalue weighted by molar-refractivity contribution is 5.97. The van der Waals surface area contributed by atoms with E-state index in [-0.39, 0.29) is 6.07 Å². The first-order valence-electron chi connectivity index (χ1n) is 5.50. The molecule has 0 saturated carbocycles. The normalized spacial score (nSPS) is 13.3. The van der Waals surface area contributed by atoms with Crippen molar-refractivity contribution in [2.24, 2.45) is 0 Å². The number of aliphatic carboxylic acids is 1. The molecule has 3 N–H and O–H groups in total. The molecule has 0 aliphatic carbocycles. The van der Waals surface area contributed by atoms with Gasteiger partial charge in [0.25, 0.3) is 5.91 Å². The van der Waals surface area contributed by atoms with Gasteiger partial charge in [-0.25, -0.2) is 9.18 Å². The molecule has 0 aromatic heterocycles. The van der Waals surface area contributed by atoms with Gasteiger partial charge in [0, 0.05) is 12.1 Å². The number of aliphatic hydroxyl groups excluding tert-OH is 1. The summed E-state index contributed by atoms with van der Waals surface area (Å²) in [6.07, 6.45) is -1.50. The van der Waals surface area contributed by atoms with Gasteiger partial charge in [-0.05, 0) is 6.92 Å². The maximum absolute atomic E-state index is 13.5. The molecule has 0 bridgehead atoms. The first kappa shape index (κ1) is 16.4. The molecule has 21 heavy (non-hydrogen) atoms. The van der Waals surface area contributed by atoms with Gasteiger partial charge in [-0.3, -0.25) is 14.9 Å². The SMILES string of the molecule is C[C@@H](O)[C@H](NC(=O)c1cc([N+](=O)[O-])c(F)cc1F)C(=O)O. The third-order valence-corrected chi connectivity index (χ3v) is 2.51. The van der Waals surface area contributed by atoms with Crippen LogP contribution in [0.3, 0.4) is 0 Å². The van der Waals surface area contributed by atoms with Gasteiger partial charge >= 0.3 is 11.7 Å². The van der Waals surface area contributed by atoms with Crippen molar-refractivity contribution >= 4 is 17.6 Å². The number of carboxylic acids is 1. The van der Waals surface area contributed by atoms with Crippen LogP contribution in [0.5, 0.6) is 0 Å². The maximum Gasteiger partial charge on any atom is 0.328 e. The second-order valence-corrected chi connectivity index (χ2v) is 4.07. The Bertz CT molecular complexity index is 605. The number of hydrogen-bond donors (Lipinski definition) is 3. The van der Waals surface area contributed by atoms with Crippen molar-refractivity contribution < 1.29 is 33.5 Å². The minimum absolute atomic E-state index is 0.144. The summed E-state index contributed by atoms with van der Waals surface area (Å²) in [5.74, 6) is -5.79. The Morgan fingerprint density at radius 1 is 1.33 bits per heavy atom. The van der Waals surface area contributed by atoms with Crippen molar-refractivity contribution in [3.8, 4) is 0 Å². The molecular formula is C11H10F2N2O6. The zero-order valence-electron chi connectivity index (χ0n) is 10.5. The summed E-state index contributed by atoms with van der Waals surface area (Å²) in [7, 11) is 0. The molecule has 0 spiro atoms. The molecule has 0 aliphatic rings. The minimum Gasteiger partial charge on any atom is -0.480 e. The quantitative estimate of drug-likeness (QED) is 0.534. The minimum atomic E-state index is -1.75. The fourth-order valence-electron chi connectivity index (χ4n) is 1.46. The maximum atomic E-state index is 13.5. The van der Waals surface area contributed by atoms with Gasteiger partial charge in [-0.15, -0.1) is 0 Å². The van der Waals surface area contributed by atoms with Crippen LogP contribution in [0.4, 0.5) is 14.5 Å². The fraction of sp³-hybridized carbons (Fsp3) is 0.273. The lowest BCUT2D eigenvalue weighted by Gasteiger charge is -2.17. The molecular weight excluding hydrogens is 294 g/mol. The van der Waals surface area contributed by atoms with E-state index in [9.17, 15) is 33.6 Å². The monoisotopic (exact) mass is 304 g/mol. The number of rotatable bonds is 5. The largest absolute Gasteiger partial charge is 0.480 e. The van der Waals surface area contributed by atoms with E-state index in [1.165, 1.54) is 0 Å². The average Bonchev–Trinajstić information content (AvgIpc) is 2.34. The predicted octanol–water partition coefficient (Wildman–Crippen LogP) is 0.437. The molecule has 0 saturated heterocycles. The van der Waals surface area contributed by atoms with Gasteiger partial charge in [-0.2, -0.15) is 4.39 Å². The number of halogens is 2. The Kier molecular flexibility index (Phi) is 4.87. The zero-order valence-corrected chi connectivity index (χ0v) is 10.5. The summed E-state index contributed by atoms with van der Waals surface area (Å²) in [6.45, 7) is 1.07. The molecule has 1 amide bonds. The summed E-state index contributed by atoms with van der Waals surface area (Å²) in [5, 5.41) is 30.2. The highest BCUT2D eigenvalue weighted by atomic mass is 19.1. The summed E-state index contributed by atoms with van der Waals surface area (Å²) >= 11 is 0. The summed E-state index contributed by atoms with van der Waals surface area (Å²) < 4.78 is 26.6. The summed E-state index contributed by atoms with van der Waals surface area (Å²) in [6, 6.07) is -1.26. The number of carbonyl (C=O) groups excluding carboxylic acids is 1. The van der Waals surface area contributed by atoms with Crippen LogP contribution in [0, 0.1) is 21.7 Å². The van der Waals surface area contributed by atoms with Crippen LogP contribution in [0.1, 0.15) is 17.3 Å². The number of nitrogens with one attached hydrogen (secondary N) is 1. The Morgan fingerprint density at radius 2 is 1.90 bits per heavy atom. The number of amides is 1. The lowest BCUT2D eigenvalue weighted by atomic mass is 10.1. The molecule has 1 aromatic carbocycles. The van der Waals surface area contributed by atoms with Crippen molar-refractivity contribution in [2.45, 2.75) is 19.1 Å². The average molecular weight is 304 g/mol. The summed E-state index contributed by atoms with van der Waals surface area (Å²) in [5.41, 5.74) is -2.04. The molecule has 0 unspecified atom stereocenters. The van der Waals surface area contributed by atoms with Crippen LogP contribution in [0.25, 0.3) is 0 Å². The number of hydrogen-bond acceptors (Lipinski definition) is 5. The van der Waals surface area contributed by atoms with E-state index in [0.29, 0.717) is 6.07 Å². The first-order chi connectivity index (χ1) is 9.65. The number of nitrogens with zero attached hydrogens (tertiary/aromatic N) is 1. The zero-order chi connectivity index (χ0) is 16.3. The van der Waals surface area contributed by atoms with E-state index in [2.05, 4.69) is 0 Å². The number of nitro groups is 1. The highest BCUT2D eigenvalue weighted by Crippen LogP contribution is 2.21. The lowest BCUT2D eigenvalue weighted by molar-refractivity contribution is -0.387. The van der Waals surface area contributed by atoms with Gasteiger partial charge < -0.3 is 15.5 Å². The second kappa shape index (κ2) is 6.22. The van der Waals surface area contributed by atoms with Gasteiger partial charge in [0.15, 0.2) is 6.04 Å². The Labute approximate surface area is 116 Å². The second-order valence-electron chi connectivity index (χ2n) is 4.07. The Balaban J connectivity index is 3.15. The molecule has 8 nitrogen and oxygen atoms in total.